The second-order valence-electron chi connectivity index (χ2n) is 8.31. The number of halogens is 3. The molecule has 0 radical (unpaired) electrons. The van der Waals surface area contributed by atoms with Crippen molar-refractivity contribution < 1.29 is 27.9 Å². The van der Waals surface area contributed by atoms with Gasteiger partial charge in [-0.05, 0) is 31.0 Å². The molecule has 1 aromatic heterocycles. The number of benzene rings is 2. The molecule has 3 aromatic rings. The number of allylic oxidation sites excluding steroid dienone is 1. The van der Waals surface area contributed by atoms with Crippen LogP contribution in [0.4, 0.5) is 13.6 Å². The summed E-state index contributed by atoms with van der Waals surface area (Å²) in [5, 5.41) is 4.68. The lowest BCUT2D eigenvalue weighted by Crippen LogP contribution is -2.56. The minimum atomic E-state index is -1.23. The number of rotatable bonds is 9. The number of ether oxygens (including phenoxy) is 1. The van der Waals surface area contributed by atoms with E-state index in [0.29, 0.717) is 19.4 Å². The van der Waals surface area contributed by atoms with Gasteiger partial charge in [0.1, 0.15) is 11.9 Å². The number of aromatic nitrogens is 2. The van der Waals surface area contributed by atoms with Gasteiger partial charge >= 0.3 is 12.0 Å². The highest BCUT2D eigenvalue weighted by atomic mass is 35.5. The molecule has 1 aliphatic rings. The van der Waals surface area contributed by atoms with Crippen LogP contribution >= 0.6 is 12.4 Å². The van der Waals surface area contributed by atoms with Crippen LogP contribution in [0.15, 0.2) is 72.2 Å². The van der Waals surface area contributed by atoms with E-state index in [4.69, 9.17) is 4.74 Å². The minimum Gasteiger partial charge on any atom is -0.466 e. The molecule has 1 aliphatic heterocycles. The zero-order valence-electron chi connectivity index (χ0n) is 20.6. The van der Waals surface area contributed by atoms with Crippen molar-refractivity contribution in [2.24, 2.45) is 0 Å². The Morgan fingerprint density at radius 1 is 1.18 bits per heavy atom. The van der Waals surface area contributed by atoms with Gasteiger partial charge in [-0.3, -0.25) is 9.80 Å². The number of esters is 1. The van der Waals surface area contributed by atoms with E-state index in [0.717, 1.165) is 33.5 Å². The highest BCUT2D eigenvalue weighted by Crippen LogP contribution is 2.35. The summed E-state index contributed by atoms with van der Waals surface area (Å²) in [7, 11) is 1.17. The van der Waals surface area contributed by atoms with Gasteiger partial charge < -0.3 is 14.6 Å². The number of urea groups is 1. The average Bonchev–Trinajstić information content (AvgIpc) is 3.37. The highest BCUT2D eigenvalue weighted by molar-refractivity contribution is 5.95. The lowest BCUT2D eigenvalue weighted by atomic mass is 9.94. The second-order valence-corrected chi connectivity index (χ2v) is 8.31. The number of nitrogens with one attached hydrogen (secondary N) is 1. The smallest absolute Gasteiger partial charge is 0.341 e. The molecule has 0 aliphatic carbocycles. The predicted molar refractivity (Wildman–Crippen MR) is 136 cm³/mol. The summed E-state index contributed by atoms with van der Waals surface area (Å²) in [4.78, 5) is 42.3. The summed E-state index contributed by atoms with van der Waals surface area (Å²) in [5.74, 6) is -2.27. The number of carbonyl (C=O) groups is 3. The molecule has 200 valence electrons. The van der Waals surface area contributed by atoms with Crippen LogP contribution in [0.3, 0.4) is 0 Å². The first-order valence-corrected chi connectivity index (χ1v) is 11.5. The molecule has 2 aromatic carbocycles. The van der Waals surface area contributed by atoms with Crippen molar-refractivity contribution in [1.82, 2.24) is 24.9 Å². The van der Waals surface area contributed by atoms with Gasteiger partial charge in [-0.25, -0.2) is 28.4 Å². The summed E-state index contributed by atoms with van der Waals surface area (Å²) in [6.45, 7) is 2.04. The number of hydrazine groups is 1. The van der Waals surface area contributed by atoms with E-state index < -0.39 is 29.7 Å². The van der Waals surface area contributed by atoms with E-state index in [9.17, 15) is 23.2 Å². The van der Waals surface area contributed by atoms with Gasteiger partial charge in [0.25, 0.3) is 0 Å². The molecule has 0 bridgehead atoms. The maximum Gasteiger partial charge on any atom is 0.341 e. The number of imidazole rings is 1. The van der Waals surface area contributed by atoms with Gasteiger partial charge in [-0.1, -0.05) is 36.4 Å². The lowest BCUT2D eigenvalue weighted by molar-refractivity contribution is -0.141. The van der Waals surface area contributed by atoms with Crippen molar-refractivity contribution >= 4 is 30.8 Å². The summed E-state index contributed by atoms with van der Waals surface area (Å²) in [5.41, 5.74) is 1.19. The van der Waals surface area contributed by atoms with Crippen LogP contribution in [0.5, 0.6) is 0 Å². The zero-order valence-corrected chi connectivity index (χ0v) is 21.5. The Labute approximate surface area is 224 Å². The largest absolute Gasteiger partial charge is 0.466 e. The maximum absolute atomic E-state index is 14.2. The van der Waals surface area contributed by atoms with Gasteiger partial charge in [0, 0.05) is 36.7 Å². The van der Waals surface area contributed by atoms with Crippen LogP contribution in [-0.4, -0.2) is 51.6 Å². The SMILES string of the molecule is COC(=O)C1=C(C)NC(=O)N(N(C=O)CCCn2ccnc2-c2ccccc2)C1c1ccc(F)c(F)c1.Cl. The molecule has 4 rings (SSSR count). The van der Waals surface area contributed by atoms with Crippen LogP contribution in [0.1, 0.15) is 24.9 Å². The van der Waals surface area contributed by atoms with Gasteiger partial charge in [0.2, 0.25) is 6.41 Å². The molecule has 38 heavy (non-hydrogen) atoms. The fourth-order valence-electron chi connectivity index (χ4n) is 4.31. The molecule has 3 amide bonds. The summed E-state index contributed by atoms with van der Waals surface area (Å²) in [6.07, 6.45) is 4.35. The van der Waals surface area contributed by atoms with E-state index >= 15 is 0 Å². The Balaban J connectivity index is 0.00000400. The van der Waals surface area contributed by atoms with E-state index in [1.54, 1.807) is 6.20 Å². The first kappa shape index (κ1) is 28.3. The molecule has 0 saturated heterocycles. The maximum atomic E-state index is 14.2. The van der Waals surface area contributed by atoms with Crippen molar-refractivity contribution in [3.63, 3.8) is 0 Å². The Kier molecular flexibility index (Phi) is 9.19. The second kappa shape index (κ2) is 12.3. The van der Waals surface area contributed by atoms with Crippen molar-refractivity contribution in [3.8, 4) is 11.4 Å². The van der Waals surface area contributed by atoms with E-state index in [-0.39, 0.29) is 35.8 Å². The predicted octanol–water partition coefficient (Wildman–Crippen LogP) is 4.23. The van der Waals surface area contributed by atoms with Crippen molar-refractivity contribution in [1.29, 1.82) is 0 Å². The first-order chi connectivity index (χ1) is 17.8. The number of nitrogens with zero attached hydrogens (tertiary/aromatic N) is 4. The molecule has 0 fully saturated rings. The molecule has 1 N–H and O–H groups in total. The molecular formula is C26H26ClF2N5O4. The van der Waals surface area contributed by atoms with Gasteiger partial charge in [0.15, 0.2) is 11.6 Å². The monoisotopic (exact) mass is 545 g/mol. The van der Waals surface area contributed by atoms with Crippen LogP contribution in [0.25, 0.3) is 11.4 Å². The standard InChI is InChI=1S/C26H25F2N5O4.ClH/c1-17-22(25(35)37-2)23(19-9-10-20(27)21(28)15-19)33(26(36)30-17)32(16-34)13-6-12-31-14-11-29-24(31)18-7-4-3-5-8-18;/h3-5,7-11,14-16,23H,6,12-13H2,1-2H3,(H,30,36);1H. The summed E-state index contributed by atoms with van der Waals surface area (Å²) in [6, 6.07) is 10.7. The highest BCUT2D eigenvalue weighted by Gasteiger charge is 2.41. The Hall–Kier alpha value is -4.25. The topological polar surface area (TPSA) is 96.8 Å². The van der Waals surface area contributed by atoms with E-state index in [1.807, 2.05) is 41.1 Å². The molecule has 9 nitrogen and oxygen atoms in total. The number of aryl methyl sites for hydroxylation is 1. The number of carbonyl (C=O) groups excluding carboxylic acids is 3. The quantitative estimate of drug-likeness (QED) is 0.321. The third-order valence-corrected chi connectivity index (χ3v) is 6.02. The molecule has 1 unspecified atom stereocenters. The van der Waals surface area contributed by atoms with Crippen molar-refractivity contribution in [2.45, 2.75) is 25.9 Å². The fourth-order valence-corrected chi connectivity index (χ4v) is 4.31. The van der Waals surface area contributed by atoms with Gasteiger partial charge in [-0.15, -0.1) is 12.4 Å². The van der Waals surface area contributed by atoms with Crippen LogP contribution in [0, 0.1) is 11.6 Å². The van der Waals surface area contributed by atoms with Gasteiger partial charge in [-0.2, -0.15) is 0 Å². The van der Waals surface area contributed by atoms with Crippen LogP contribution in [0.2, 0.25) is 0 Å². The molecular weight excluding hydrogens is 520 g/mol. The van der Waals surface area contributed by atoms with E-state index in [1.165, 1.54) is 20.1 Å². The Bertz CT molecular complexity index is 1350. The lowest BCUT2D eigenvalue weighted by Gasteiger charge is -2.42. The first-order valence-electron chi connectivity index (χ1n) is 11.5. The van der Waals surface area contributed by atoms with Crippen LogP contribution in [-0.2, 0) is 20.9 Å². The molecule has 0 saturated carbocycles. The van der Waals surface area contributed by atoms with Crippen molar-refractivity contribution in [3.05, 3.63) is 89.4 Å². The van der Waals surface area contributed by atoms with Gasteiger partial charge in [0.05, 0.1) is 12.7 Å². The number of methoxy groups -OCH3 is 1. The number of hydrogen-bond donors (Lipinski definition) is 1. The average molecular weight is 546 g/mol. The molecule has 12 heteroatoms. The summed E-state index contributed by atoms with van der Waals surface area (Å²) >= 11 is 0. The third-order valence-electron chi connectivity index (χ3n) is 6.02. The molecule has 0 spiro atoms. The normalized spacial score (nSPS) is 15.0. The third kappa shape index (κ3) is 5.67. The minimum absolute atomic E-state index is 0. The summed E-state index contributed by atoms with van der Waals surface area (Å²) < 4.78 is 34.7. The fraction of sp³-hybridized carbons (Fsp3) is 0.231. The Morgan fingerprint density at radius 2 is 1.92 bits per heavy atom. The van der Waals surface area contributed by atoms with Crippen LogP contribution < -0.4 is 5.32 Å². The number of hydrogen-bond acceptors (Lipinski definition) is 5. The van der Waals surface area contributed by atoms with Crippen molar-refractivity contribution in [2.75, 3.05) is 13.7 Å². The zero-order chi connectivity index (χ0) is 26.5. The Morgan fingerprint density at radius 3 is 2.58 bits per heavy atom. The molecule has 1 atom stereocenters. The molecule has 2 heterocycles. The number of amides is 3. The van der Waals surface area contributed by atoms with E-state index in [2.05, 4.69) is 10.3 Å².